The highest BCUT2D eigenvalue weighted by Gasteiger charge is 2.48. The minimum absolute atomic E-state index is 0.0887. The Labute approximate surface area is 188 Å². The number of fused-ring (bicyclic) bond motifs is 2. The average molecular weight is 447 g/mol. The summed E-state index contributed by atoms with van der Waals surface area (Å²) in [6.45, 7) is 1.97. The number of rotatable bonds is 3. The van der Waals surface area contributed by atoms with Gasteiger partial charge >= 0.3 is 0 Å². The van der Waals surface area contributed by atoms with Crippen molar-refractivity contribution < 1.29 is 14.1 Å². The molecule has 0 saturated heterocycles. The van der Waals surface area contributed by atoms with E-state index in [-0.39, 0.29) is 16.6 Å². The van der Waals surface area contributed by atoms with Gasteiger partial charge in [-0.1, -0.05) is 12.1 Å². The molecule has 3 N–H and O–H groups in total. The zero-order valence-electron chi connectivity index (χ0n) is 17.4. The Kier molecular flexibility index (Phi) is 4.28. The smallest absolute Gasteiger partial charge is 0.267 e. The number of aliphatic hydroxyl groups is 1. The first-order chi connectivity index (χ1) is 15.5. The number of aliphatic imine (C=N–C) groups is 2. The van der Waals surface area contributed by atoms with Gasteiger partial charge in [-0.2, -0.15) is 10.8 Å². The fraction of sp³-hybridized carbons (Fsp3) is 0.208. The number of pyridine rings is 1. The number of hydrogen-bond donors (Lipinski definition) is 2. The SMILES string of the molecule is Cc1cc(-c2cccs2)nc2c(F)c(C3=NC(C4CC(O)C4)=C4C=NC=C[N+]34N)ccc12. The number of halogens is 1. The molecule has 6 rings (SSSR count). The topological polar surface area (TPSA) is 83.9 Å². The van der Waals surface area contributed by atoms with E-state index in [2.05, 4.69) is 9.98 Å². The van der Waals surface area contributed by atoms with Gasteiger partial charge in [-0.15, -0.1) is 15.9 Å². The Morgan fingerprint density at radius 3 is 2.84 bits per heavy atom. The number of quaternary nitrogens is 1. The van der Waals surface area contributed by atoms with E-state index < -0.39 is 5.82 Å². The van der Waals surface area contributed by atoms with E-state index in [4.69, 9.17) is 10.8 Å². The molecule has 2 aromatic heterocycles. The normalized spacial score (nSPS) is 26.4. The van der Waals surface area contributed by atoms with Gasteiger partial charge in [-0.25, -0.2) is 9.37 Å². The molecule has 1 unspecified atom stereocenters. The number of hydrogen-bond acceptors (Lipinski definition) is 6. The molecule has 0 bridgehead atoms. The molecule has 0 spiro atoms. The third-order valence-corrected chi connectivity index (χ3v) is 7.36. The summed E-state index contributed by atoms with van der Waals surface area (Å²) >= 11 is 1.57. The minimum Gasteiger partial charge on any atom is -0.393 e. The van der Waals surface area contributed by atoms with Crippen molar-refractivity contribution in [3.8, 4) is 10.6 Å². The number of amidine groups is 1. The van der Waals surface area contributed by atoms with Crippen LogP contribution in [0.5, 0.6) is 0 Å². The molecule has 2 aliphatic heterocycles. The van der Waals surface area contributed by atoms with Crippen LogP contribution in [0.3, 0.4) is 0 Å². The lowest BCUT2D eigenvalue weighted by atomic mass is 9.79. The molecule has 32 heavy (non-hydrogen) atoms. The van der Waals surface area contributed by atoms with E-state index in [1.54, 1.807) is 36.0 Å². The van der Waals surface area contributed by atoms with Gasteiger partial charge in [0.2, 0.25) is 5.70 Å². The summed E-state index contributed by atoms with van der Waals surface area (Å²) in [5, 5.41) is 12.5. The Morgan fingerprint density at radius 2 is 2.09 bits per heavy atom. The van der Waals surface area contributed by atoms with Crippen LogP contribution in [0.2, 0.25) is 0 Å². The second-order valence-corrected chi connectivity index (χ2v) is 9.45. The van der Waals surface area contributed by atoms with E-state index in [1.807, 2.05) is 36.6 Å². The lowest BCUT2D eigenvalue weighted by Crippen LogP contribution is -2.53. The lowest BCUT2D eigenvalue weighted by Gasteiger charge is -2.31. The third-order valence-electron chi connectivity index (χ3n) is 6.46. The van der Waals surface area contributed by atoms with Crippen LogP contribution in [0.25, 0.3) is 21.5 Å². The maximum Gasteiger partial charge on any atom is 0.267 e. The molecule has 1 saturated carbocycles. The highest BCUT2D eigenvalue weighted by atomic mass is 32.1. The summed E-state index contributed by atoms with van der Waals surface area (Å²) in [6, 6.07) is 9.55. The van der Waals surface area contributed by atoms with Crippen molar-refractivity contribution in [3.05, 3.63) is 76.5 Å². The van der Waals surface area contributed by atoms with E-state index in [0.29, 0.717) is 29.8 Å². The van der Waals surface area contributed by atoms with Crippen molar-refractivity contribution in [3.63, 3.8) is 0 Å². The molecule has 6 nitrogen and oxygen atoms in total. The first kappa shape index (κ1) is 19.6. The molecule has 1 atom stereocenters. The molecule has 1 aliphatic carbocycles. The quantitative estimate of drug-likeness (QED) is 0.462. The summed E-state index contributed by atoms with van der Waals surface area (Å²) in [4.78, 5) is 14.7. The fourth-order valence-corrected chi connectivity index (χ4v) is 5.34. The highest BCUT2D eigenvalue weighted by Crippen LogP contribution is 2.42. The largest absolute Gasteiger partial charge is 0.393 e. The van der Waals surface area contributed by atoms with Crippen molar-refractivity contribution in [1.29, 1.82) is 0 Å². The van der Waals surface area contributed by atoms with Crippen molar-refractivity contribution in [1.82, 2.24) is 4.98 Å². The standard InChI is InChI=1S/C24H21FN5OS/c1-13-9-18(20-3-2-8-32-20)28-23-16(13)4-5-17(21(23)25)24-29-22(14-10-15(31)11-14)19-12-27-6-7-30(19,24)26/h2-9,12,14-15,31H,10-11,26H2,1H3/q+1. The van der Waals surface area contributed by atoms with Gasteiger partial charge in [0.1, 0.15) is 17.4 Å². The molecule has 3 aromatic rings. The Balaban J connectivity index is 1.52. The number of allylic oxidation sites excluding steroid dienone is 2. The second-order valence-electron chi connectivity index (χ2n) is 8.51. The lowest BCUT2D eigenvalue weighted by molar-refractivity contribution is -0.750. The molecule has 0 radical (unpaired) electrons. The minimum atomic E-state index is -0.434. The molecule has 160 valence electrons. The van der Waals surface area contributed by atoms with Crippen LogP contribution in [-0.4, -0.2) is 32.8 Å². The number of nitrogens with zero attached hydrogens (tertiary/aromatic N) is 4. The zero-order valence-corrected chi connectivity index (χ0v) is 18.2. The summed E-state index contributed by atoms with van der Waals surface area (Å²) < 4.78 is 15.8. The first-order valence-corrected chi connectivity index (χ1v) is 11.4. The summed E-state index contributed by atoms with van der Waals surface area (Å²) in [5.41, 5.74) is 3.83. The van der Waals surface area contributed by atoms with Crippen LogP contribution in [-0.2, 0) is 0 Å². The number of nitrogens with two attached hydrogens (primary N) is 1. The Morgan fingerprint density at radius 1 is 1.25 bits per heavy atom. The van der Waals surface area contributed by atoms with Crippen LogP contribution in [0, 0.1) is 18.7 Å². The predicted octanol–water partition coefficient (Wildman–Crippen LogP) is 4.40. The molecule has 1 aromatic carbocycles. The van der Waals surface area contributed by atoms with Gasteiger partial charge in [-0.05, 0) is 48.9 Å². The van der Waals surface area contributed by atoms with E-state index >= 15 is 4.39 Å². The predicted molar refractivity (Wildman–Crippen MR) is 124 cm³/mol. The molecular formula is C24H21FN5OS+. The summed E-state index contributed by atoms with van der Waals surface area (Å²) in [7, 11) is 0. The van der Waals surface area contributed by atoms with Crippen molar-refractivity contribution in [2.45, 2.75) is 25.9 Å². The molecular weight excluding hydrogens is 425 g/mol. The van der Waals surface area contributed by atoms with Crippen LogP contribution < -0.4 is 5.84 Å². The number of benzene rings is 1. The Hall–Kier alpha value is -3.04. The van der Waals surface area contributed by atoms with Gasteiger partial charge in [0.05, 0.1) is 34.7 Å². The molecule has 4 heterocycles. The van der Waals surface area contributed by atoms with Gasteiger partial charge in [-0.3, -0.25) is 4.99 Å². The van der Waals surface area contributed by atoms with E-state index in [0.717, 1.165) is 32.9 Å². The van der Waals surface area contributed by atoms with E-state index in [1.165, 1.54) is 0 Å². The average Bonchev–Trinajstić information content (AvgIpc) is 3.39. The molecule has 1 fully saturated rings. The second kappa shape index (κ2) is 6.98. The number of thiophene rings is 1. The Bertz CT molecular complexity index is 1390. The number of aryl methyl sites for hydroxylation is 1. The summed E-state index contributed by atoms with van der Waals surface area (Å²) in [6.07, 6.45) is 5.92. The first-order valence-electron chi connectivity index (χ1n) is 10.5. The number of aliphatic hydroxyl groups excluding tert-OH is 1. The zero-order chi connectivity index (χ0) is 22.0. The monoisotopic (exact) mass is 446 g/mol. The third kappa shape index (κ3) is 2.77. The molecule has 0 amide bonds. The van der Waals surface area contributed by atoms with Crippen LogP contribution in [0.4, 0.5) is 4.39 Å². The van der Waals surface area contributed by atoms with Crippen LogP contribution in [0.15, 0.2) is 69.5 Å². The molecule has 3 aliphatic rings. The fourth-order valence-electron chi connectivity index (χ4n) is 4.65. The number of aromatic nitrogens is 1. The van der Waals surface area contributed by atoms with E-state index in [9.17, 15) is 5.11 Å². The van der Waals surface area contributed by atoms with Crippen molar-refractivity contribution in [2.24, 2.45) is 21.7 Å². The maximum absolute atomic E-state index is 16.0. The van der Waals surface area contributed by atoms with Crippen LogP contribution >= 0.6 is 11.3 Å². The van der Waals surface area contributed by atoms with Crippen LogP contribution in [0.1, 0.15) is 24.0 Å². The van der Waals surface area contributed by atoms with Gasteiger partial charge in [0.15, 0.2) is 5.82 Å². The van der Waals surface area contributed by atoms with Gasteiger partial charge in [0.25, 0.3) is 5.84 Å². The van der Waals surface area contributed by atoms with Gasteiger partial charge in [0, 0.05) is 11.3 Å². The summed E-state index contributed by atoms with van der Waals surface area (Å²) in [5.74, 6) is 6.81. The van der Waals surface area contributed by atoms with Crippen molar-refractivity contribution in [2.75, 3.05) is 0 Å². The van der Waals surface area contributed by atoms with Crippen molar-refractivity contribution >= 4 is 34.3 Å². The highest BCUT2D eigenvalue weighted by molar-refractivity contribution is 7.13. The van der Waals surface area contributed by atoms with Gasteiger partial charge < -0.3 is 5.11 Å². The molecule has 8 heteroatoms. The maximum atomic E-state index is 16.0.